The van der Waals surface area contributed by atoms with Gasteiger partial charge in [0.2, 0.25) is 0 Å². The maximum absolute atomic E-state index is 12.5. The Hall–Kier alpha value is -0.110. The summed E-state index contributed by atoms with van der Waals surface area (Å²) in [6, 6.07) is 0. The van der Waals surface area contributed by atoms with Crippen molar-refractivity contribution < 1.29 is 4.48 Å². The molecule has 0 N–H and O–H groups in total. The molecule has 0 unspecified atom stereocenters. The molecule has 1 aliphatic carbocycles. The SMILES string of the molecule is CC.CC.FN1CCC2(CCC2)CC1. The van der Waals surface area contributed by atoms with Gasteiger partial charge in [0, 0.05) is 13.1 Å². The highest BCUT2D eigenvalue weighted by Gasteiger charge is 2.39. The van der Waals surface area contributed by atoms with Crippen LogP contribution in [0.3, 0.4) is 0 Å². The smallest absolute Gasteiger partial charge is 0.0295 e. The third-order valence-electron chi connectivity index (χ3n) is 3.18. The number of rotatable bonds is 0. The van der Waals surface area contributed by atoms with Gasteiger partial charge in [-0.25, -0.2) is 0 Å². The van der Waals surface area contributed by atoms with Crippen LogP contribution in [-0.2, 0) is 0 Å². The third-order valence-corrected chi connectivity index (χ3v) is 3.18. The molecule has 0 radical (unpaired) electrons. The molecule has 2 heteroatoms. The monoisotopic (exact) mass is 203 g/mol. The molecule has 0 aromatic rings. The molecule has 0 bridgehead atoms. The van der Waals surface area contributed by atoms with Crippen LogP contribution in [0.15, 0.2) is 0 Å². The fraction of sp³-hybridized carbons (Fsp3) is 1.00. The maximum atomic E-state index is 12.5. The van der Waals surface area contributed by atoms with Gasteiger partial charge >= 0.3 is 0 Å². The first-order valence-corrected chi connectivity index (χ1v) is 6.22. The second-order valence-corrected chi connectivity index (χ2v) is 3.76. The van der Waals surface area contributed by atoms with Gasteiger partial charge in [-0.15, -0.1) is 9.60 Å². The molecule has 1 aliphatic heterocycles. The van der Waals surface area contributed by atoms with Crippen LogP contribution in [0.2, 0.25) is 0 Å². The predicted molar refractivity (Wildman–Crippen MR) is 60.9 cm³/mol. The summed E-state index contributed by atoms with van der Waals surface area (Å²) in [5.74, 6) is 0. The highest BCUT2D eigenvalue weighted by molar-refractivity contribution is 4.90. The quantitative estimate of drug-likeness (QED) is 0.534. The molecule has 86 valence electrons. The fourth-order valence-electron chi connectivity index (χ4n) is 2.13. The Morgan fingerprint density at radius 3 is 1.57 bits per heavy atom. The van der Waals surface area contributed by atoms with Gasteiger partial charge in [-0.1, -0.05) is 34.1 Å². The van der Waals surface area contributed by atoms with E-state index in [0.29, 0.717) is 18.5 Å². The van der Waals surface area contributed by atoms with E-state index in [2.05, 4.69) is 0 Å². The van der Waals surface area contributed by atoms with E-state index in [1.54, 1.807) is 0 Å². The molecule has 14 heavy (non-hydrogen) atoms. The summed E-state index contributed by atoms with van der Waals surface area (Å²) in [5.41, 5.74) is 0.600. The molecule has 0 aromatic heterocycles. The lowest BCUT2D eigenvalue weighted by molar-refractivity contribution is -0.0605. The van der Waals surface area contributed by atoms with Crippen molar-refractivity contribution >= 4 is 0 Å². The lowest BCUT2D eigenvalue weighted by Crippen LogP contribution is -2.40. The van der Waals surface area contributed by atoms with Crippen molar-refractivity contribution in [3.63, 3.8) is 0 Å². The van der Waals surface area contributed by atoms with E-state index in [4.69, 9.17) is 0 Å². The van der Waals surface area contributed by atoms with Crippen LogP contribution in [0.4, 0.5) is 4.48 Å². The van der Waals surface area contributed by atoms with Gasteiger partial charge in [-0.3, -0.25) is 0 Å². The van der Waals surface area contributed by atoms with Gasteiger partial charge in [-0.05, 0) is 31.1 Å². The number of halogens is 1. The normalized spacial score (nSPS) is 23.8. The second-order valence-electron chi connectivity index (χ2n) is 3.76. The lowest BCUT2D eigenvalue weighted by Gasteiger charge is -2.46. The number of hydrogen-bond donors (Lipinski definition) is 0. The van der Waals surface area contributed by atoms with Crippen molar-refractivity contribution in [2.75, 3.05) is 13.1 Å². The highest BCUT2D eigenvalue weighted by atomic mass is 19.2. The number of nitrogens with zero attached hydrogens (tertiary/aromatic N) is 1. The molecule has 2 aliphatic rings. The highest BCUT2D eigenvalue weighted by Crippen LogP contribution is 2.48. The van der Waals surface area contributed by atoms with Crippen LogP contribution in [0, 0.1) is 5.41 Å². The summed E-state index contributed by atoms with van der Waals surface area (Å²) in [6.07, 6.45) is 6.31. The summed E-state index contributed by atoms with van der Waals surface area (Å²) in [7, 11) is 0. The van der Waals surface area contributed by atoms with Crippen LogP contribution in [-0.4, -0.2) is 18.2 Å². The van der Waals surface area contributed by atoms with Crippen molar-refractivity contribution in [3.05, 3.63) is 0 Å². The predicted octanol–water partition coefficient (Wildman–Crippen LogP) is 4.19. The molecule has 1 spiro atoms. The van der Waals surface area contributed by atoms with Crippen LogP contribution in [0.25, 0.3) is 0 Å². The Morgan fingerprint density at radius 2 is 1.29 bits per heavy atom. The van der Waals surface area contributed by atoms with E-state index in [-0.39, 0.29) is 0 Å². The minimum Gasteiger partial charge on any atom is -0.146 e. The summed E-state index contributed by atoms with van der Waals surface area (Å²) in [4.78, 5) is 0. The van der Waals surface area contributed by atoms with Crippen molar-refractivity contribution in [1.29, 1.82) is 0 Å². The fourth-order valence-corrected chi connectivity index (χ4v) is 2.13. The molecule has 0 aromatic carbocycles. The molecular weight excluding hydrogens is 177 g/mol. The summed E-state index contributed by atoms with van der Waals surface area (Å²) >= 11 is 0. The third kappa shape index (κ3) is 3.56. The van der Waals surface area contributed by atoms with E-state index >= 15 is 0 Å². The second kappa shape index (κ2) is 7.22. The zero-order valence-electron chi connectivity index (χ0n) is 10.3. The molecule has 1 saturated carbocycles. The first-order valence-electron chi connectivity index (χ1n) is 6.22. The molecule has 0 amide bonds. The van der Waals surface area contributed by atoms with Gasteiger partial charge in [0.05, 0.1) is 0 Å². The van der Waals surface area contributed by atoms with Crippen LogP contribution < -0.4 is 0 Å². The Balaban J connectivity index is 0.000000379. The Labute approximate surface area is 88.6 Å². The summed E-state index contributed by atoms with van der Waals surface area (Å²) in [5, 5.41) is 0.962. The van der Waals surface area contributed by atoms with E-state index in [1.165, 1.54) is 19.3 Å². The first-order chi connectivity index (χ1) is 6.81. The van der Waals surface area contributed by atoms with Gasteiger partial charge in [0.15, 0.2) is 0 Å². The van der Waals surface area contributed by atoms with E-state index < -0.39 is 0 Å². The number of piperidine rings is 1. The van der Waals surface area contributed by atoms with Crippen molar-refractivity contribution in [2.45, 2.75) is 59.8 Å². The van der Waals surface area contributed by atoms with Crippen LogP contribution >= 0.6 is 0 Å². The van der Waals surface area contributed by atoms with Crippen LogP contribution in [0.1, 0.15) is 59.8 Å². The van der Waals surface area contributed by atoms with Gasteiger partial charge in [0.1, 0.15) is 0 Å². The van der Waals surface area contributed by atoms with Gasteiger partial charge in [-0.2, -0.15) is 0 Å². The molecular formula is C12H26FN. The molecule has 1 nitrogen and oxygen atoms in total. The molecule has 2 fully saturated rings. The largest absolute Gasteiger partial charge is 0.146 e. The maximum Gasteiger partial charge on any atom is 0.0295 e. The summed E-state index contributed by atoms with van der Waals surface area (Å²) < 4.78 is 12.5. The minimum atomic E-state index is 0.600. The first kappa shape index (κ1) is 13.9. The number of hydrogen-bond acceptors (Lipinski definition) is 1. The van der Waals surface area contributed by atoms with Crippen molar-refractivity contribution in [1.82, 2.24) is 5.12 Å². The molecule has 2 rings (SSSR count). The van der Waals surface area contributed by atoms with Crippen molar-refractivity contribution in [3.8, 4) is 0 Å². The van der Waals surface area contributed by atoms with Gasteiger partial charge < -0.3 is 0 Å². The van der Waals surface area contributed by atoms with E-state index in [1.807, 2.05) is 27.7 Å². The molecule has 1 heterocycles. The Morgan fingerprint density at radius 1 is 0.857 bits per heavy atom. The average Bonchev–Trinajstić information content (AvgIpc) is 2.23. The lowest BCUT2D eigenvalue weighted by atomic mass is 9.63. The Kier molecular flexibility index (Phi) is 7.16. The topological polar surface area (TPSA) is 3.24 Å². The van der Waals surface area contributed by atoms with E-state index in [0.717, 1.165) is 18.0 Å². The zero-order valence-corrected chi connectivity index (χ0v) is 10.3. The zero-order chi connectivity index (χ0) is 11.0. The molecule has 0 atom stereocenters. The van der Waals surface area contributed by atoms with E-state index in [9.17, 15) is 4.48 Å². The Bertz CT molecular complexity index is 122. The average molecular weight is 203 g/mol. The minimum absolute atomic E-state index is 0.600. The van der Waals surface area contributed by atoms with Gasteiger partial charge in [0.25, 0.3) is 0 Å². The standard InChI is InChI=1S/C8H14FN.2C2H6/c9-10-6-4-8(5-7-10)2-1-3-8;2*1-2/h1-7H2;2*1-2H3. The van der Waals surface area contributed by atoms with Crippen molar-refractivity contribution in [2.24, 2.45) is 5.41 Å². The molecule has 1 saturated heterocycles. The summed E-state index contributed by atoms with van der Waals surface area (Å²) in [6.45, 7) is 9.36. The van der Waals surface area contributed by atoms with Crippen LogP contribution in [0.5, 0.6) is 0 Å².